The van der Waals surface area contributed by atoms with E-state index in [1.807, 2.05) is 54.6 Å². The molecule has 4 heteroatoms. The Kier molecular flexibility index (Phi) is 3.09. The Hall–Kier alpha value is -1.17. The molecule has 0 radical (unpaired) electrons. The van der Waals surface area contributed by atoms with Crippen LogP contribution in [-0.4, -0.2) is 9.97 Å². The summed E-state index contributed by atoms with van der Waals surface area (Å²) in [4.78, 5) is 18.6. The highest BCUT2D eigenvalue weighted by Gasteiger charge is 2.08. The van der Waals surface area contributed by atoms with Crippen LogP contribution in [0.3, 0.4) is 0 Å². The summed E-state index contributed by atoms with van der Waals surface area (Å²) < 4.78 is 0.604. The number of nitrogens with one attached hydrogen (secondary N) is 1. The number of aromatic amines is 1. The molecule has 0 aliphatic carbocycles. The van der Waals surface area contributed by atoms with Crippen molar-refractivity contribution in [3.63, 3.8) is 0 Å². The molecule has 0 bridgehead atoms. The Morgan fingerprint density at radius 1 is 1.25 bits per heavy atom. The minimum Gasteiger partial charge on any atom is -0.306 e. The first kappa shape index (κ1) is 11.3. The number of hydrogen-bond donors (Lipinski definition) is 1. The quantitative estimate of drug-likeness (QED) is 0.819. The minimum atomic E-state index is -0.0896. The molecule has 16 heavy (non-hydrogen) atoms. The van der Waals surface area contributed by atoms with E-state index in [1.165, 1.54) is 0 Å². The topological polar surface area (TPSA) is 45.8 Å². The molecule has 0 spiro atoms. The molecular weight excluding hydrogens is 315 g/mol. The molecule has 1 aromatic carbocycles. The van der Waals surface area contributed by atoms with Crippen molar-refractivity contribution in [2.45, 2.75) is 13.8 Å². The summed E-state index contributed by atoms with van der Waals surface area (Å²) >= 11 is 1.97. The molecule has 0 aliphatic rings. The second kappa shape index (κ2) is 4.37. The van der Waals surface area contributed by atoms with E-state index in [1.54, 1.807) is 6.20 Å². The van der Waals surface area contributed by atoms with Crippen molar-refractivity contribution in [2.24, 2.45) is 0 Å². The number of nitrogens with zero attached hydrogens (tertiary/aromatic N) is 1. The smallest absolute Gasteiger partial charge is 0.264 e. The minimum absolute atomic E-state index is 0.0896. The van der Waals surface area contributed by atoms with Crippen molar-refractivity contribution >= 4 is 22.6 Å². The molecule has 0 atom stereocenters. The molecule has 0 aliphatic heterocycles. The monoisotopic (exact) mass is 326 g/mol. The van der Waals surface area contributed by atoms with Crippen molar-refractivity contribution in [3.05, 3.63) is 49.4 Å². The third-order valence-electron chi connectivity index (χ3n) is 2.47. The highest BCUT2D eigenvalue weighted by molar-refractivity contribution is 14.1. The van der Waals surface area contributed by atoms with Crippen LogP contribution in [0.15, 0.2) is 29.2 Å². The molecule has 82 valence electrons. The van der Waals surface area contributed by atoms with Gasteiger partial charge in [-0.3, -0.25) is 4.79 Å². The van der Waals surface area contributed by atoms with E-state index in [0.29, 0.717) is 9.39 Å². The summed E-state index contributed by atoms with van der Waals surface area (Å²) in [5.74, 6) is 0.640. The van der Waals surface area contributed by atoms with Crippen LogP contribution < -0.4 is 5.56 Å². The Morgan fingerprint density at radius 3 is 2.44 bits per heavy atom. The normalized spacial score (nSPS) is 10.4. The van der Waals surface area contributed by atoms with E-state index in [-0.39, 0.29) is 5.56 Å². The largest absolute Gasteiger partial charge is 0.306 e. The molecule has 2 rings (SSSR count). The zero-order valence-electron chi connectivity index (χ0n) is 9.04. The van der Waals surface area contributed by atoms with Gasteiger partial charge in [-0.05, 0) is 47.6 Å². The summed E-state index contributed by atoms with van der Waals surface area (Å²) in [5.41, 5.74) is 3.15. The maximum atomic E-state index is 11.5. The van der Waals surface area contributed by atoms with Crippen LogP contribution in [0.25, 0.3) is 11.4 Å². The summed E-state index contributed by atoms with van der Waals surface area (Å²) in [6.45, 7) is 4.03. The van der Waals surface area contributed by atoms with Crippen LogP contribution in [-0.2, 0) is 0 Å². The molecule has 0 unspecified atom stereocenters. The molecule has 0 amide bonds. The molecule has 2 aromatic rings. The van der Waals surface area contributed by atoms with Crippen LogP contribution in [0, 0.1) is 17.4 Å². The zero-order chi connectivity index (χ0) is 11.7. The van der Waals surface area contributed by atoms with Gasteiger partial charge in [-0.15, -0.1) is 0 Å². The Balaban J connectivity index is 2.68. The number of benzene rings is 1. The van der Waals surface area contributed by atoms with Crippen LogP contribution >= 0.6 is 22.6 Å². The lowest BCUT2D eigenvalue weighted by Gasteiger charge is -2.08. The summed E-state index contributed by atoms with van der Waals surface area (Å²) in [6, 6.07) is 6.03. The van der Waals surface area contributed by atoms with Gasteiger partial charge in [0.2, 0.25) is 0 Å². The van der Waals surface area contributed by atoms with Gasteiger partial charge in [0.15, 0.2) is 0 Å². The Morgan fingerprint density at radius 2 is 1.88 bits per heavy atom. The predicted molar refractivity (Wildman–Crippen MR) is 72.5 cm³/mol. The molecule has 0 saturated heterocycles. The second-order valence-corrected chi connectivity index (χ2v) is 4.84. The van der Waals surface area contributed by atoms with E-state index < -0.39 is 0 Å². The van der Waals surface area contributed by atoms with Crippen LogP contribution in [0.5, 0.6) is 0 Å². The van der Waals surface area contributed by atoms with E-state index in [0.717, 1.165) is 16.7 Å². The van der Waals surface area contributed by atoms with Crippen molar-refractivity contribution < 1.29 is 0 Å². The standard InChI is InChI=1S/C12H11IN2O/c1-7-4-3-5-8(2)10(7)11-14-6-9(13)12(16)15-11/h3-6H,1-2H3,(H,14,15,16). The Bertz CT molecular complexity index is 570. The van der Waals surface area contributed by atoms with Crippen LogP contribution in [0.4, 0.5) is 0 Å². The van der Waals surface area contributed by atoms with Gasteiger partial charge in [-0.1, -0.05) is 18.2 Å². The first-order valence-electron chi connectivity index (χ1n) is 4.91. The van der Waals surface area contributed by atoms with Crippen molar-refractivity contribution in [3.8, 4) is 11.4 Å². The zero-order valence-corrected chi connectivity index (χ0v) is 11.2. The average molecular weight is 326 g/mol. The van der Waals surface area contributed by atoms with Gasteiger partial charge in [0, 0.05) is 11.8 Å². The van der Waals surface area contributed by atoms with Gasteiger partial charge in [0.05, 0.1) is 3.57 Å². The van der Waals surface area contributed by atoms with E-state index >= 15 is 0 Å². The number of aryl methyl sites for hydroxylation is 2. The lowest BCUT2D eigenvalue weighted by Crippen LogP contribution is -2.12. The van der Waals surface area contributed by atoms with Crippen molar-refractivity contribution in [1.29, 1.82) is 0 Å². The third-order valence-corrected chi connectivity index (χ3v) is 3.24. The van der Waals surface area contributed by atoms with E-state index in [2.05, 4.69) is 9.97 Å². The molecule has 1 heterocycles. The average Bonchev–Trinajstić information content (AvgIpc) is 2.23. The predicted octanol–water partition coefficient (Wildman–Crippen LogP) is 2.66. The maximum Gasteiger partial charge on any atom is 0.264 e. The highest BCUT2D eigenvalue weighted by Crippen LogP contribution is 2.22. The van der Waals surface area contributed by atoms with Gasteiger partial charge < -0.3 is 4.98 Å². The Labute approximate surface area is 107 Å². The molecule has 0 saturated carbocycles. The maximum absolute atomic E-state index is 11.5. The fourth-order valence-electron chi connectivity index (χ4n) is 1.69. The first-order chi connectivity index (χ1) is 7.59. The van der Waals surface area contributed by atoms with Gasteiger partial charge in [-0.25, -0.2) is 4.98 Å². The fraction of sp³-hybridized carbons (Fsp3) is 0.167. The van der Waals surface area contributed by atoms with E-state index in [9.17, 15) is 4.79 Å². The lowest BCUT2D eigenvalue weighted by atomic mass is 10.0. The number of H-pyrrole nitrogens is 1. The molecular formula is C12H11IN2O. The molecule has 1 N–H and O–H groups in total. The van der Waals surface area contributed by atoms with Gasteiger partial charge in [0.1, 0.15) is 5.82 Å². The summed E-state index contributed by atoms with van der Waals surface area (Å²) in [7, 11) is 0. The number of aromatic nitrogens is 2. The molecule has 1 aromatic heterocycles. The number of rotatable bonds is 1. The molecule has 3 nitrogen and oxygen atoms in total. The van der Waals surface area contributed by atoms with Crippen LogP contribution in [0.2, 0.25) is 0 Å². The van der Waals surface area contributed by atoms with Crippen molar-refractivity contribution in [1.82, 2.24) is 9.97 Å². The summed E-state index contributed by atoms with van der Waals surface area (Å²) in [6.07, 6.45) is 1.60. The molecule has 0 fully saturated rings. The highest BCUT2D eigenvalue weighted by atomic mass is 127. The van der Waals surface area contributed by atoms with Crippen LogP contribution in [0.1, 0.15) is 11.1 Å². The van der Waals surface area contributed by atoms with Gasteiger partial charge in [0.25, 0.3) is 5.56 Å². The third kappa shape index (κ3) is 2.02. The van der Waals surface area contributed by atoms with Gasteiger partial charge >= 0.3 is 0 Å². The van der Waals surface area contributed by atoms with E-state index in [4.69, 9.17) is 0 Å². The fourth-order valence-corrected chi connectivity index (χ4v) is 1.97. The van der Waals surface area contributed by atoms with Crippen molar-refractivity contribution in [2.75, 3.05) is 0 Å². The van der Waals surface area contributed by atoms with Gasteiger partial charge in [-0.2, -0.15) is 0 Å². The summed E-state index contributed by atoms with van der Waals surface area (Å²) in [5, 5.41) is 0. The SMILES string of the molecule is Cc1cccc(C)c1-c1ncc(I)c(=O)[nH]1. The number of halogens is 1. The first-order valence-corrected chi connectivity index (χ1v) is 5.99. The lowest BCUT2D eigenvalue weighted by molar-refractivity contribution is 1.10. The number of hydrogen-bond acceptors (Lipinski definition) is 2. The second-order valence-electron chi connectivity index (χ2n) is 3.68.